The summed E-state index contributed by atoms with van der Waals surface area (Å²) in [6.07, 6.45) is 1.32. The highest BCUT2D eigenvalue weighted by molar-refractivity contribution is 6.43. The molecule has 1 saturated heterocycles. The van der Waals surface area contributed by atoms with Gasteiger partial charge in [0.25, 0.3) is 0 Å². The molecule has 4 atom stereocenters. The smallest absolute Gasteiger partial charge is 0.426 e. The van der Waals surface area contributed by atoms with Crippen LogP contribution in [0.15, 0.2) is 60.7 Å². The molecular weight excluding hydrogens is 351 g/mol. The zero-order valence-corrected chi connectivity index (χ0v) is 16.5. The summed E-state index contributed by atoms with van der Waals surface area (Å²) in [4.78, 5) is 13.1. The van der Waals surface area contributed by atoms with E-state index < -0.39 is 19.1 Å². The van der Waals surface area contributed by atoms with Crippen molar-refractivity contribution in [2.45, 2.75) is 50.6 Å². The average molecular weight is 380 g/mol. The van der Waals surface area contributed by atoms with E-state index >= 15 is 0 Å². The quantitative estimate of drug-likeness (QED) is 0.556. The molecule has 4 N–H and O–H groups in total. The highest BCUT2D eigenvalue weighted by atomic mass is 16.4. The number of carbonyl (C=O) groups is 1. The van der Waals surface area contributed by atoms with Crippen LogP contribution in [-0.2, 0) is 4.79 Å². The highest BCUT2D eigenvalue weighted by Crippen LogP contribution is 2.38. The van der Waals surface area contributed by atoms with E-state index in [4.69, 9.17) is 0 Å². The van der Waals surface area contributed by atoms with Gasteiger partial charge in [0.2, 0.25) is 5.91 Å². The molecule has 0 radical (unpaired) electrons. The standard InChI is InChI=1S/C22H29BN2O3/c1-15(2)13-20(23(27)28)25-22(26)21-18(16-9-5-3-6-10-16)14-19(24-21)17-11-7-4-8-12-17/h3-12,15,18-21,24,27-28H,13-14H2,1-2H3,(H,25,26)/t18-,19+,20-,21-/m0/s1. The van der Waals surface area contributed by atoms with Gasteiger partial charge in [0.1, 0.15) is 0 Å². The topological polar surface area (TPSA) is 81.6 Å². The van der Waals surface area contributed by atoms with Crippen molar-refractivity contribution >= 4 is 13.0 Å². The Morgan fingerprint density at radius 2 is 1.64 bits per heavy atom. The van der Waals surface area contributed by atoms with Crippen LogP contribution >= 0.6 is 0 Å². The van der Waals surface area contributed by atoms with E-state index in [1.165, 1.54) is 0 Å². The second kappa shape index (κ2) is 9.37. The van der Waals surface area contributed by atoms with Crippen LogP contribution in [0.5, 0.6) is 0 Å². The molecule has 0 aliphatic carbocycles. The summed E-state index contributed by atoms with van der Waals surface area (Å²) in [6.45, 7) is 3.99. The van der Waals surface area contributed by atoms with Gasteiger partial charge >= 0.3 is 7.12 Å². The lowest BCUT2D eigenvalue weighted by Gasteiger charge is -2.25. The summed E-state index contributed by atoms with van der Waals surface area (Å²) in [5, 5.41) is 25.7. The van der Waals surface area contributed by atoms with Crippen LogP contribution in [0.3, 0.4) is 0 Å². The van der Waals surface area contributed by atoms with E-state index in [2.05, 4.69) is 22.8 Å². The molecule has 28 heavy (non-hydrogen) atoms. The van der Waals surface area contributed by atoms with Gasteiger partial charge in [-0.3, -0.25) is 10.1 Å². The number of nitrogens with one attached hydrogen (secondary N) is 2. The molecule has 6 heteroatoms. The molecule has 1 amide bonds. The minimum absolute atomic E-state index is 0.0157. The summed E-state index contributed by atoms with van der Waals surface area (Å²) < 4.78 is 0. The molecule has 3 rings (SSSR count). The molecule has 5 nitrogen and oxygen atoms in total. The van der Waals surface area contributed by atoms with Crippen molar-refractivity contribution in [1.29, 1.82) is 0 Å². The Morgan fingerprint density at radius 1 is 1.07 bits per heavy atom. The first-order valence-electron chi connectivity index (χ1n) is 9.98. The average Bonchev–Trinajstić information content (AvgIpc) is 3.14. The number of carbonyl (C=O) groups excluding carboxylic acids is 1. The van der Waals surface area contributed by atoms with Crippen molar-refractivity contribution in [2.24, 2.45) is 5.92 Å². The number of benzene rings is 2. The van der Waals surface area contributed by atoms with Crippen molar-refractivity contribution in [3.05, 3.63) is 71.8 Å². The van der Waals surface area contributed by atoms with Crippen molar-refractivity contribution in [3.63, 3.8) is 0 Å². The van der Waals surface area contributed by atoms with Crippen LogP contribution in [0.4, 0.5) is 0 Å². The Kier molecular flexibility index (Phi) is 6.89. The second-order valence-electron chi connectivity index (χ2n) is 8.02. The molecule has 0 saturated carbocycles. The fraction of sp³-hybridized carbons (Fsp3) is 0.409. The summed E-state index contributed by atoms with van der Waals surface area (Å²) >= 11 is 0. The van der Waals surface area contributed by atoms with Gasteiger partial charge in [-0.2, -0.15) is 0 Å². The normalized spacial score (nSPS) is 22.8. The number of amides is 1. The summed E-state index contributed by atoms with van der Waals surface area (Å²) in [5.74, 6) is -0.611. The van der Waals surface area contributed by atoms with Gasteiger partial charge in [-0.1, -0.05) is 74.5 Å². The van der Waals surface area contributed by atoms with Crippen molar-refractivity contribution in [3.8, 4) is 0 Å². The first-order chi connectivity index (χ1) is 13.5. The Labute approximate surface area is 167 Å². The molecule has 1 aliphatic heterocycles. The number of rotatable bonds is 7. The van der Waals surface area contributed by atoms with Gasteiger partial charge in [0.05, 0.1) is 12.0 Å². The van der Waals surface area contributed by atoms with E-state index in [1.54, 1.807) is 0 Å². The predicted octanol–water partition coefficient (Wildman–Crippen LogP) is 2.42. The van der Waals surface area contributed by atoms with E-state index in [0.29, 0.717) is 6.42 Å². The summed E-state index contributed by atoms with van der Waals surface area (Å²) in [7, 11) is -1.58. The lowest BCUT2D eigenvalue weighted by Crippen LogP contribution is -2.53. The van der Waals surface area contributed by atoms with E-state index in [0.717, 1.165) is 17.5 Å². The van der Waals surface area contributed by atoms with Gasteiger partial charge in [-0.25, -0.2) is 0 Å². The molecule has 1 heterocycles. The highest BCUT2D eigenvalue weighted by Gasteiger charge is 2.41. The van der Waals surface area contributed by atoms with Crippen LogP contribution in [-0.4, -0.2) is 35.1 Å². The van der Waals surface area contributed by atoms with Gasteiger partial charge in [0.15, 0.2) is 0 Å². The lowest BCUT2D eigenvalue weighted by atomic mass is 9.74. The zero-order chi connectivity index (χ0) is 20.1. The van der Waals surface area contributed by atoms with Gasteiger partial charge in [-0.15, -0.1) is 0 Å². The predicted molar refractivity (Wildman–Crippen MR) is 111 cm³/mol. The molecule has 1 aliphatic rings. The van der Waals surface area contributed by atoms with Crippen LogP contribution in [0.25, 0.3) is 0 Å². The summed E-state index contributed by atoms with van der Waals surface area (Å²) in [6, 6.07) is 19.8. The van der Waals surface area contributed by atoms with Crippen molar-refractivity contribution < 1.29 is 14.8 Å². The van der Waals surface area contributed by atoms with Crippen molar-refractivity contribution in [2.75, 3.05) is 0 Å². The van der Waals surface area contributed by atoms with Gasteiger partial charge < -0.3 is 15.4 Å². The Hall–Kier alpha value is -2.15. The van der Waals surface area contributed by atoms with Gasteiger partial charge in [-0.05, 0) is 29.9 Å². The zero-order valence-electron chi connectivity index (χ0n) is 16.5. The van der Waals surface area contributed by atoms with E-state index in [9.17, 15) is 14.8 Å². The second-order valence-corrected chi connectivity index (χ2v) is 8.02. The van der Waals surface area contributed by atoms with Crippen LogP contribution < -0.4 is 10.6 Å². The third-order valence-corrected chi connectivity index (χ3v) is 5.40. The first-order valence-corrected chi connectivity index (χ1v) is 9.98. The maximum absolute atomic E-state index is 13.1. The summed E-state index contributed by atoms with van der Waals surface area (Å²) in [5.41, 5.74) is 2.26. The van der Waals surface area contributed by atoms with Crippen LogP contribution in [0.1, 0.15) is 49.8 Å². The minimum Gasteiger partial charge on any atom is -0.426 e. The minimum atomic E-state index is -1.58. The molecule has 0 aromatic heterocycles. The monoisotopic (exact) mass is 380 g/mol. The maximum Gasteiger partial charge on any atom is 0.475 e. The Morgan fingerprint density at radius 3 is 2.18 bits per heavy atom. The van der Waals surface area contributed by atoms with E-state index in [1.807, 2.05) is 62.4 Å². The molecule has 2 aromatic rings. The fourth-order valence-electron chi connectivity index (χ4n) is 4.03. The third-order valence-electron chi connectivity index (χ3n) is 5.40. The fourth-order valence-corrected chi connectivity index (χ4v) is 4.03. The Bertz CT molecular complexity index is 755. The maximum atomic E-state index is 13.1. The van der Waals surface area contributed by atoms with Gasteiger partial charge in [0, 0.05) is 12.0 Å². The molecule has 2 aromatic carbocycles. The first kappa shape index (κ1) is 20.6. The molecule has 0 unspecified atom stereocenters. The molecular formula is C22H29BN2O3. The van der Waals surface area contributed by atoms with Crippen molar-refractivity contribution in [1.82, 2.24) is 10.6 Å². The third kappa shape index (κ3) is 5.01. The molecule has 0 spiro atoms. The molecule has 0 bridgehead atoms. The largest absolute Gasteiger partial charge is 0.475 e. The van der Waals surface area contributed by atoms with Crippen LogP contribution in [0, 0.1) is 5.92 Å². The molecule has 148 valence electrons. The number of hydrogen-bond acceptors (Lipinski definition) is 4. The van der Waals surface area contributed by atoms with E-state index in [-0.39, 0.29) is 23.8 Å². The lowest BCUT2D eigenvalue weighted by molar-refractivity contribution is -0.123. The van der Waals surface area contributed by atoms with Crippen LogP contribution in [0.2, 0.25) is 0 Å². The number of hydrogen-bond donors (Lipinski definition) is 4. The SMILES string of the molecule is CC(C)C[C@H](NC(=O)[C@H]1N[C@@H](c2ccccc2)C[C@H]1c1ccccc1)B(O)O. The molecule has 1 fully saturated rings. The Balaban J connectivity index is 1.81.